The SMILES string of the molecule is CCCCOc1ccc(C(=O)NCC(=O)N/N=C/c2ccc(Cl)c([N+](=O)[O-])c2)cc1. The third-order valence-corrected chi connectivity index (χ3v) is 4.18. The average molecular weight is 433 g/mol. The molecule has 0 saturated carbocycles. The summed E-state index contributed by atoms with van der Waals surface area (Å²) in [5.74, 6) is -0.292. The van der Waals surface area contributed by atoms with E-state index < -0.39 is 16.7 Å². The highest BCUT2D eigenvalue weighted by atomic mass is 35.5. The maximum Gasteiger partial charge on any atom is 0.288 e. The first-order valence-corrected chi connectivity index (χ1v) is 9.55. The van der Waals surface area contributed by atoms with Gasteiger partial charge in [0.15, 0.2) is 0 Å². The van der Waals surface area contributed by atoms with Crippen LogP contribution < -0.4 is 15.5 Å². The number of unbranched alkanes of at least 4 members (excludes halogenated alkanes) is 1. The molecule has 0 aromatic heterocycles. The Bertz CT molecular complexity index is 931. The van der Waals surface area contributed by atoms with E-state index in [9.17, 15) is 19.7 Å². The van der Waals surface area contributed by atoms with Gasteiger partial charge in [0.2, 0.25) is 0 Å². The predicted molar refractivity (Wildman–Crippen MR) is 113 cm³/mol. The summed E-state index contributed by atoms with van der Waals surface area (Å²) in [7, 11) is 0. The second-order valence-corrected chi connectivity index (χ2v) is 6.58. The number of nitro benzene ring substituents is 1. The Kier molecular flexibility index (Phi) is 8.76. The van der Waals surface area contributed by atoms with E-state index in [4.69, 9.17) is 16.3 Å². The Balaban J connectivity index is 1.80. The van der Waals surface area contributed by atoms with Crippen LogP contribution in [0.25, 0.3) is 0 Å². The van der Waals surface area contributed by atoms with Gasteiger partial charge in [-0.3, -0.25) is 19.7 Å². The van der Waals surface area contributed by atoms with Crippen LogP contribution in [0.4, 0.5) is 5.69 Å². The molecular formula is C20H21ClN4O5. The summed E-state index contributed by atoms with van der Waals surface area (Å²) in [6.07, 6.45) is 3.22. The van der Waals surface area contributed by atoms with Gasteiger partial charge in [-0.2, -0.15) is 5.10 Å². The van der Waals surface area contributed by atoms with Crippen LogP contribution in [0.2, 0.25) is 5.02 Å². The van der Waals surface area contributed by atoms with Crippen LogP contribution in [0.1, 0.15) is 35.7 Å². The molecule has 0 radical (unpaired) electrons. The Morgan fingerprint density at radius 3 is 2.63 bits per heavy atom. The molecule has 0 atom stereocenters. The highest BCUT2D eigenvalue weighted by molar-refractivity contribution is 6.32. The molecule has 0 unspecified atom stereocenters. The third kappa shape index (κ3) is 7.17. The van der Waals surface area contributed by atoms with E-state index in [1.54, 1.807) is 24.3 Å². The lowest BCUT2D eigenvalue weighted by atomic mass is 10.2. The van der Waals surface area contributed by atoms with Gasteiger partial charge in [0.1, 0.15) is 10.8 Å². The zero-order chi connectivity index (χ0) is 21.9. The minimum atomic E-state index is -0.613. The quantitative estimate of drug-likeness (QED) is 0.258. The van der Waals surface area contributed by atoms with Crippen molar-refractivity contribution in [2.24, 2.45) is 5.10 Å². The number of nitrogens with one attached hydrogen (secondary N) is 2. The predicted octanol–water partition coefficient (Wildman–Crippen LogP) is 3.31. The standard InChI is InChI=1S/C20H21ClN4O5/c1-2-3-10-30-16-7-5-15(6-8-16)20(27)22-13-19(26)24-23-12-14-4-9-17(21)18(11-14)25(28)29/h4-9,11-12H,2-3,10,13H2,1H3,(H,22,27)(H,24,26)/b23-12+. The van der Waals surface area contributed by atoms with Crippen molar-refractivity contribution in [2.45, 2.75) is 19.8 Å². The summed E-state index contributed by atoms with van der Waals surface area (Å²) < 4.78 is 5.53. The zero-order valence-corrected chi connectivity index (χ0v) is 17.0. The molecule has 9 nitrogen and oxygen atoms in total. The van der Waals surface area contributed by atoms with E-state index >= 15 is 0 Å². The summed E-state index contributed by atoms with van der Waals surface area (Å²) in [4.78, 5) is 34.2. The lowest BCUT2D eigenvalue weighted by Gasteiger charge is -2.07. The van der Waals surface area contributed by atoms with Gasteiger partial charge in [0, 0.05) is 17.2 Å². The third-order valence-electron chi connectivity index (χ3n) is 3.86. The smallest absolute Gasteiger partial charge is 0.288 e. The summed E-state index contributed by atoms with van der Waals surface area (Å²) in [6.45, 7) is 2.40. The highest BCUT2D eigenvalue weighted by Crippen LogP contribution is 2.24. The monoisotopic (exact) mass is 432 g/mol. The molecule has 0 fully saturated rings. The Labute approximate surface area is 178 Å². The first kappa shape index (κ1) is 22.8. The molecule has 0 aliphatic rings. The van der Waals surface area contributed by atoms with Crippen LogP contribution in [-0.4, -0.2) is 36.1 Å². The number of carbonyl (C=O) groups is 2. The molecule has 0 aliphatic carbocycles. The van der Waals surface area contributed by atoms with E-state index in [-0.39, 0.29) is 17.3 Å². The second-order valence-electron chi connectivity index (χ2n) is 6.17. The number of nitro groups is 1. The van der Waals surface area contributed by atoms with Crippen molar-refractivity contribution in [1.82, 2.24) is 10.7 Å². The molecule has 2 rings (SSSR count). The zero-order valence-electron chi connectivity index (χ0n) is 16.3. The van der Waals surface area contributed by atoms with Crippen LogP contribution in [0.15, 0.2) is 47.6 Å². The number of ether oxygens (including phenoxy) is 1. The highest BCUT2D eigenvalue weighted by Gasteiger charge is 2.12. The lowest BCUT2D eigenvalue weighted by molar-refractivity contribution is -0.384. The molecule has 0 heterocycles. The van der Waals surface area contributed by atoms with Gasteiger partial charge in [0.05, 0.1) is 24.3 Å². The molecule has 10 heteroatoms. The molecule has 2 aromatic carbocycles. The van der Waals surface area contributed by atoms with Crippen molar-refractivity contribution in [3.05, 3.63) is 68.7 Å². The van der Waals surface area contributed by atoms with Crippen LogP contribution in [-0.2, 0) is 4.79 Å². The number of carbonyl (C=O) groups excluding carboxylic acids is 2. The number of benzene rings is 2. The van der Waals surface area contributed by atoms with Gasteiger partial charge in [-0.1, -0.05) is 31.0 Å². The molecule has 0 spiro atoms. The number of hydrazone groups is 1. The van der Waals surface area contributed by atoms with E-state index in [1.807, 2.05) is 0 Å². The number of halogens is 1. The molecule has 30 heavy (non-hydrogen) atoms. The fraction of sp³-hybridized carbons (Fsp3) is 0.250. The summed E-state index contributed by atoms with van der Waals surface area (Å²) in [6, 6.07) is 10.7. The van der Waals surface area contributed by atoms with E-state index in [0.717, 1.165) is 12.8 Å². The molecular weight excluding hydrogens is 412 g/mol. The van der Waals surface area contributed by atoms with Crippen LogP contribution in [0, 0.1) is 10.1 Å². The fourth-order valence-electron chi connectivity index (χ4n) is 2.27. The van der Waals surface area contributed by atoms with Crippen molar-refractivity contribution in [3.63, 3.8) is 0 Å². The van der Waals surface area contributed by atoms with Crippen LogP contribution in [0.5, 0.6) is 5.75 Å². The summed E-state index contributed by atoms with van der Waals surface area (Å²) in [5, 5.41) is 17.1. The minimum Gasteiger partial charge on any atom is -0.494 e. The van der Waals surface area contributed by atoms with Crippen LogP contribution >= 0.6 is 11.6 Å². The van der Waals surface area contributed by atoms with Gasteiger partial charge in [-0.25, -0.2) is 5.43 Å². The first-order valence-electron chi connectivity index (χ1n) is 9.17. The fourth-order valence-corrected chi connectivity index (χ4v) is 2.45. The van der Waals surface area contributed by atoms with Crippen molar-refractivity contribution in [1.29, 1.82) is 0 Å². The molecule has 0 aliphatic heterocycles. The second kappa shape index (κ2) is 11.5. The first-order chi connectivity index (χ1) is 14.4. The summed E-state index contributed by atoms with van der Waals surface area (Å²) in [5.41, 5.74) is 2.75. The minimum absolute atomic E-state index is 0.00412. The van der Waals surface area contributed by atoms with Crippen molar-refractivity contribution in [3.8, 4) is 5.75 Å². The number of amides is 2. The normalized spacial score (nSPS) is 10.6. The van der Waals surface area contributed by atoms with E-state index in [0.29, 0.717) is 23.5 Å². The molecule has 2 N–H and O–H groups in total. The molecule has 0 bridgehead atoms. The van der Waals surface area contributed by atoms with Gasteiger partial charge in [-0.15, -0.1) is 0 Å². The van der Waals surface area contributed by atoms with E-state index in [1.165, 1.54) is 24.4 Å². The van der Waals surface area contributed by atoms with Gasteiger partial charge in [-0.05, 0) is 36.8 Å². The van der Waals surface area contributed by atoms with Crippen molar-refractivity contribution < 1.29 is 19.2 Å². The Hall–Kier alpha value is -3.46. The maximum atomic E-state index is 12.1. The van der Waals surface area contributed by atoms with Gasteiger partial charge >= 0.3 is 0 Å². The maximum absolute atomic E-state index is 12.1. The van der Waals surface area contributed by atoms with Crippen molar-refractivity contribution in [2.75, 3.05) is 13.2 Å². The van der Waals surface area contributed by atoms with E-state index in [2.05, 4.69) is 22.8 Å². The number of hydrogen-bond acceptors (Lipinski definition) is 6. The van der Waals surface area contributed by atoms with Gasteiger partial charge in [0.25, 0.3) is 17.5 Å². The molecule has 2 amide bonds. The summed E-state index contributed by atoms with van der Waals surface area (Å²) >= 11 is 5.73. The van der Waals surface area contributed by atoms with Crippen molar-refractivity contribution >= 4 is 35.3 Å². The Morgan fingerprint density at radius 2 is 1.97 bits per heavy atom. The number of hydrogen-bond donors (Lipinski definition) is 2. The topological polar surface area (TPSA) is 123 Å². The molecule has 2 aromatic rings. The largest absolute Gasteiger partial charge is 0.494 e. The Morgan fingerprint density at radius 1 is 1.23 bits per heavy atom. The average Bonchev–Trinajstić information content (AvgIpc) is 2.73. The molecule has 0 saturated heterocycles. The lowest BCUT2D eigenvalue weighted by Crippen LogP contribution is -2.34. The number of nitrogens with zero attached hydrogens (tertiary/aromatic N) is 2. The van der Waals surface area contributed by atoms with Gasteiger partial charge < -0.3 is 10.1 Å². The van der Waals surface area contributed by atoms with Crippen LogP contribution in [0.3, 0.4) is 0 Å². The molecule has 158 valence electrons. The number of rotatable bonds is 10.